The molecule has 1 aliphatic heterocycles. The molecule has 1 aliphatic rings. The molecule has 0 radical (unpaired) electrons. The molecule has 4 heteroatoms. The first-order chi connectivity index (χ1) is 7.75. The number of carbonyl (C=O) groups excluding carboxylic acids is 2. The van der Waals surface area contributed by atoms with Crippen LogP contribution in [0.5, 0.6) is 0 Å². The third-order valence-corrected chi connectivity index (χ3v) is 2.41. The molecule has 1 saturated heterocycles. The van der Waals surface area contributed by atoms with Crippen LogP contribution in [0.1, 0.15) is 18.4 Å². The highest BCUT2D eigenvalue weighted by Crippen LogP contribution is 2.08. The van der Waals surface area contributed by atoms with E-state index < -0.39 is 6.04 Å². The molecular formula is C12H12N2O2. The molecule has 2 amide bonds. The molecule has 16 heavy (non-hydrogen) atoms. The van der Waals surface area contributed by atoms with Gasteiger partial charge in [-0.1, -0.05) is 30.3 Å². The molecule has 4 nitrogen and oxygen atoms in total. The van der Waals surface area contributed by atoms with Crippen molar-refractivity contribution in [2.45, 2.75) is 18.9 Å². The number of hydrogen-bond donors (Lipinski definition) is 1. The molecule has 1 heterocycles. The summed E-state index contributed by atoms with van der Waals surface area (Å²) < 4.78 is 0. The Hall–Kier alpha value is -1.97. The number of rotatable bonds is 2. The standard InChI is InChI=1S/C12H12N2O2/c15-11-7-6-10(12(16)14-11)13-8-9-4-2-1-3-5-9/h1-5,8,10H,6-7H2,(H,14,15,16). The van der Waals surface area contributed by atoms with Crippen LogP contribution in [0.15, 0.2) is 35.3 Å². The van der Waals surface area contributed by atoms with Crippen LogP contribution in [0.4, 0.5) is 0 Å². The number of imide groups is 1. The fourth-order valence-electron chi connectivity index (χ4n) is 1.54. The SMILES string of the molecule is O=C1CCC(N=Cc2ccccc2)C(=O)N1. The summed E-state index contributed by atoms with van der Waals surface area (Å²) in [5.74, 6) is -0.514. The van der Waals surface area contributed by atoms with E-state index in [1.807, 2.05) is 30.3 Å². The lowest BCUT2D eigenvalue weighted by molar-refractivity contribution is -0.133. The Bertz CT molecular complexity index is 426. The summed E-state index contributed by atoms with van der Waals surface area (Å²) in [6.07, 6.45) is 2.52. The minimum absolute atomic E-state index is 0.212. The van der Waals surface area contributed by atoms with Crippen molar-refractivity contribution in [1.82, 2.24) is 5.32 Å². The molecule has 82 valence electrons. The number of nitrogens with one attached hydrogen (secondary N) is 1. The van der Waals surface area contributed by atoms with Crippen molar-refractivity contribution < 1.29 is 9.59 Å². The highest BCUT2D eigenvalue weighted by atomic mass is 16.2. The van der Waals surface area contributed by atoms with Gasteiger partial charge in [0.05, 0.1) is 0 Å². The topological polar surface area (TPSA) is 58.5 Å². The van der Waals surface area contributed by atoms with E-state index in [-0.39, 0.29) is 11.8 Å². The fraction of sp³-hybridized carbons (Fsp3) is 0.250. The predicted octanol–water partition coefficient (Wildman–Crippen LogP) is 0.911. The monoisotopic (exact) mass is 216 g/mol. The van der Waals surface area contributed by atoms with Gasteiger partial charge in [0.25, 0.3) is 5.91 Å². The number of carbonyl (C=O) groups is 2. The van der Waals surface area contributed by atoms with Gasteiger partial charge in [-0.25, -0.2) is 0 Å². The highest BCUT2D eigenvalue weighted by molar-refractivity contribution is 6.01. The lowest BCUT2D eigenvalue weighted by Crippen LogP contribution is -2.43. The van der Waals surface area contributed by atoms with Gasteiger partial charge in [0, 0.05) is 12.6 Å². The molecule has 0 aliphatic carbocycles. The molecule has 0 saturated carbocycles. The summed E-state index contributed by atoms with van der Waals surface area (Å²) in [5.41, 5.74) is 0.951. The molecule has 1 aromatic carbocycles. The maximum atomic E-state index is 11.4. The summed E-state index contributed by atoms with van der Waals surface area (Å²) in [4.78, 5) is 26.5. The van der Waals surface area contributed by atoms with Gasteiger partial charge in [-0.15, -0.1) is 0 Å². The molecule has 1 N–H and O–H groups in total. The second kappa shape index (κ2) is 4.70. The van der Waals surface area contributed by atoms with Gasteiger partial charge in [0.1, 0.15) is 6.04 Å². The number of benzene rings is 1. The first-order valence-electron chi connectivity index (χ1n) is 5.17. The van der Waals surface area contributed by atoms with Crippen LogP contribution in [0.3, 0.4) is 0 Å². The quantitative estimate of drug-likeness (QED) is 0.590. The average molecular weight is 216 g/mol. The van der Waals surface area contributed by atoms with Gasteiger partial charge in [-0.2, -0.15) is 0 Å². The Morgan fingerprint density at radius 1 is 1.25 bits per heavy atom. The summed E-state index contributed by atoms with van der Waals surface area (Å²) in [6.45, 7) is 0. The largest absolute Gasteiger partial charge is 0.295 e. The van der Waals surface area contributed by atoms with Crippen molar-refractivity contribution >= 4 is 18.0 Å². The first kappa shape index (κ1) is 10.5. The van der Waals surface area contributed by atoms with Crippen molar-refractivity contribution in [3.63, 3.8) is 0 Å². The maximum Gasteiger partial charge on any atom is 0.251 e. The Morgan fingerprint density at radius 3 is 2.69 bits per heavy atom. The Labute approximate surface area is 93.4 Å². The third-order valence-electron chi connectivity index (χ3n) is 2.41. The molecule has 1 fully saturated rings. The number of piperidine rings is 1. The summed E-state index contributed by atoms with van der Waals surface area (Å²) in [5, 5.41) is 2.27. The minimum atomic E-state index is -0.432. The molecule has 1 atom stereocenters. The molecule has 0 aromatic heterocycles. The van der Waals surface area contributed by atoms with Crippen molar-refractivity contribution in [1.29, 1.82) is 0 Å². The maximum absolute atomic E-state index is 11.4. The van der Waals surface area contributed by atoms with Crippen LogP contribution in [-0.2, 0) is 9.59 Å². The van der Waals surface area contributed by atoms with E-state index in [1.165, 1.54) is 0 Å². The summed E-state index contributed by atoms with van der Waals surface area (Å²) in [6, 6.07) is 9.13. The van der Waals surface area contributed by atoms with E-state index in [4.69, 9.17) is 0 Å². The van der Waals surface area contributed by atoms with Crippen LogP contribution in [0.2, 0.25) is 0 Å². The molecule has 1 unspecified atom stereocenters. The first-order valence-corrected chi connectivity index (χ1v) is 5.17. The number of amides is 2. The highest BCUT2D eigenvalue weighted by Gasteiger charge is 2.25. The Morgan fingerprint density at radius 2 is 2.00 bits per heavy atom. The molecule has 1 aromatic rings. The second-order valence-electron chi connectivity index (χ2n) is 3.66. The molecule has 0 bridgehead atoms. The van der Waals surface area contributed by atoms with Gasteiger partial charge < -0.3 is 0 Å². The number of hydrogen-bond acceptors (Lipinski definition) is 3. The number of aliphatic imine (C=N–C) groups is 1. The lowest BCUT2D eigenvalue weighted by atomic mass is 10.1. The van der Waals surface area contributed by atoms with Crippen molar-refractivity contribution in [3.05, 3.63) is 35.9 Å². The van der Waals surface area contributed by atoms with E-state index in [1.54, 1.807) is 6.21 Å². The minimum Gasteiger partial charge on any atom is -0.295 e. The van der Waals surface area contributed by atoms with E-state index >= 15 is 0 Å². The predicted molar refractivity (Wildman–Crippen MR) is 60.2 cm³/mol. The average Bonchev–Trinajstić information content (AvgIpc) is 2.29. The van der Waals surface area contributed by atoms with Crippen molar-refractivity contribution in [2.24, 2.45) is 4.99 Å². The molecule has 0 spiro atoms. The Kier molecular flexibility index (Phi) is 3.10. The van der Waals surface area contributed by atoms with Gasteiger partial charge in [-0.3, -0.25) is 19.9 Å². The lowest BCUT2D eigenvalue weighted by Gasteiger charge is -2.16. The Balaban J connectivity index is 2.02. The zero-order valence-electron chi connectivity index (χ0n) is 8.72. The van der Waals surface area contributed by atoms with Gasteiger partial charge in [0.15, 0.2) is 0 Å². The van der Waals surface area contributed by atoms with Crippen molar-refractivity contribution in [3.8, 4) is 0 Å². The summed E-state index contributed by atoms with van der Waals surface area (Å²) >= 11 is 0. The van der Waals surface area contributed by atoms with E-state index in [0.29, 0.717) is 12.8 Å². The van der Waals surface area contributed by atoms with Gasteiger partial charge >= 0.3 is 0 Å². The van der Waals surface area contributed by atoms with E-state index in [9.17, 15) is 9.59 Å². The van der Waals surface area contributed by atoms with Crippen LogP contribution < -0.4 is 5.32 Å². The third kappa shape index (κ3) is 2.53. The normalized spacial score (nSPS) is 21.1. The zero-order valence-corrected chi connectivity index (χ0v) is 8.72. The van der Waals surface area contributed by atoms with Crippen LogP contribution in [-0.4, -0.2) is 24.1 Å². The van der Waals surface area contributed by atoms with E-state index in [2.05, 4.69) is 10.3 Å². The fourth-order valence-corrected chi connectivity index (χ4v) is 1.54. The second-order valence-corrected chi connectivity index (χ2v) is 3.66. The zero-order chi connectivity index (χ0) is 11.4. The summed E-state index contributed by atoms with van der Waals surface area (Å²) in [7, 11) is 0. The smallest absolute Gasteiger partial charge is 0.251 e. The molecular weight excluding hydrogens is 204 g/mol. The van der Waals surface area contributed by atoms with Crippen LogP contribution in [0, 0.1) is 0 Å². The van der Waals surface area contributed by atoms with Crippen LogP contribution >= 0.6 is 0 Å². The molecule has 2 rings (SSSR count). The van der Waals surface area contributed by atoms with Gasteiger partial charge in [-0.05, 0) is 12.0 Å². The van der Waals surface area contributed by atoms with Crippen molar-refractivity contribution in [2.75, 3.05) is 0 Å². The van der Waals surface area contributed by atoms with Crippen LogP contribution in [0.25, 0.3) is 0 Å². The van der Waals surface area contributed by atoms with Gasteiger partial charge in [0.2, 0.25) is 5.91 Å². The number of nitrogens with zero attached hydrogens (tertiary/aromatic N) is 1. The van der Waals surface area contributed by atoms with E-state index in [0.717, 1.165) is 5.56 Å².